The van der Waals surface area contributed by atoms with Crippen molar-refractivity contribution in [2.75, 3.05) is 32.4 Å². The molecule has 102 valence electrons. The normalized spacial score (nSPS) is 20.3. The van der Waals surface area contributed by atoms with Crippen LogP contribution in [-0.2, 0) is 4.79 Å². The molecule has 0 spiro atoms. The van der Waals surface area contributed by atoms with Gasteiger partial charge in [0.2, 0.25) is 0 Å². The minimum absolute atomic E-state index is 0.284. The van der Waals surface area contributed by atoms with E-state index in [9.17, 15) is 14.7 Å². The van der Waals surface area contributed by atoms with Crippen LogP contribution in [0.15, 0.2) is 24.3 Å². The second-order valence-corrected chi connectivity index (χ2v) is 4.74. The van der Waals surface area contributed by atoms with Gasteiger partial charge in [0.25, 0.3) is 5.91 Å². The summed E-state index contributed by atoms with van der Waals surface area (Å²) in [5, 5.41) is 9.23. The Morgan fingerprint density at radius 1 is 1.37 bits per heavy atom. The number of hydrogen-bond acceptors (Lipinski definition) is 4. The van der Waals surface area contributed by atoms with E-state index in [0.717, 1.165) is 0 Å². The third kappa shape index (κ3) is 2.85. The lowest BCUT2D eigenvalue weighted by atomic mass is 10.1. The van der Waals surface area contributed by atoms with Crippen LogP contribution in [0.1, 0.15) is 10.4 Å². The summed E-state index contributed by atoms with van der Waals surface area (Å²) in [6.45, 7) is 1.41. The zero-order valence-corrected chi connectivity index (χ0v) is 10.7. The van der Waals surface area contributed by atoms with Crippen LogP contribution in [0.4, 0.5) is 5.69 Å². The van der Waals surface area contributed by atoms with E-state index >= 15 is 0 Å². The van der Waals surface area contributed by atoms with Gasteiger partial charge >= 0.3 is 5.97 Å². The molecule has 6 heteroatoms. The van der Waals surface area contributed by atoms with E-state index < -0.39 is 12.0 Å². The number of carboxylic acids is 1. The molecule has 1 aliphatic rings. The van der Waals surface area contributed by atoms with Crippen molar-refractivity contribution in [2.24, 2.45) is 0 Å². The van der Waals surface area contributed by atoms with Crippen molar-refractivity contribution in [1.29, 1.82) is 0 Å². The molecule has 0 radical (unpaired) electrons. The molecule has 0 aliphatic carbocycles. The van der Waals surface area contributed by atoms with Crippen molar-refractivity contribution >= 4 is 17.6 Å². The molecule has 1 aromatic rings. The fourth-order valence-electron chi connectivity index (χ4n) is 2.21. The monoisotopic (exact) mass is 263 g/mol. The Balaban J connectivity index is 2.24. The number of aliphatic carboxylic acids is 1. The maximum absolute atomic E-state index is 12.4. The third-order valence-corrected chi connectivity index (χ3v) is 3.26. The molecule has 0 aromatic heterocycles. The summed E-state index contributed by atoms with van der Waals surface area (Å²) < 4.78 is 0. The van der Waals surface area contributed by atoms with Crippen LogP contribution >= 0.6 is 0 Å². The van der Waals surface area contributed by atoms with Gasteiger partial charge in [0, 0.05) is 30.9 Å². The first-order chi connectivity index (χ1) is 8.99. The number of nitrogens with zero attached hydrogens (tertiary/aromatic N) is 2. The van der Waals surface area contributed by atoms with Crippen LogP contribution in [0, 0.1) is 0 Å². The lowest BCUT2D eigenvalue weighted by Gasteiger charge is -2.37. The smallest absolute Gasteiger partial charge is 0.327 e. The number of piperazine rings is 1. The maximum Gasteiger partial charge on any atom is 0.327 e. The van der Waals surface area contributed by atoms with E-state index in [2.05, 4.69) is 0 Å². The van der Waals surface area contributed by atoms with Crippen molar-refractivity contribution in [3.05, 3.63) is 29.8 Å². The van der Waals surface area contributed by atoms with Crippen molar-refractivity contribution in [3.63, 3.8) is 0 Å². The number of anilines is 1. The standard InChI is InChI=1S/C13H17N3O3/c1-15-5-6-16(11(8-15)13(18)19)12(17)9-3-2-4-10(14)7-9/h2-4,7,11H,5-6,8,14H2,1H3,(H,18,19). The van der Waals surface area contributed by atoms with Gasteiger partial charge in [0.1, 0.15) is 6.04 Å². The van der Waals surface area contributed by atoms with Crippen LogP contribution in [-0.4, -0.2) is 59.5 Å². The molecule has 1 heterocycles. The number of nitrogens with two attached hydrogens (primary N) is 1. The van der Waals surface area contributed by atoms with E-state index in [-0.39, 0.29) is 5.91 Å². The van der Waals surface area contributed by atoms with Crippen LogP contribution in [0.5, 0.6) is 0 Å². The molecule has 0 bridgehead atoms. The Bertz CT molecular complexity index is 504. The molecular formula is C13H17N3O3. The predicted molar refractivity (Wildman–Crippen MR) is 70.8 cm³/mol. The zero-order valence-electron chi connectivity index (χ0n) is 10.7. The minimum atomic E-state index is -0.983. The van der Waals surface area contributed by atoms with Gasteiger partial charge in [0.15, 0.2) is 0 Å². The number of likely N-dealkylation sites (N-methyl/N-ethyl adjacent to an activating group) is 1. The Morgan fingerprint density at radius 3 is 2.74 bits per heavy atom. The molecule has 1 fully saturated rings. The number of amides is 1. The Labute approximate surface area is 111 Å². The van der Waals surface area contributed by atoms with Gasteiger partial charge in [-0.3, -0.25) is 4.79 Å². The molecule has 19 heavy (non-hydrogen) atoms. The van der Waals surface area contributed by atoms with Crippen molar-refractivity contribution in [2.45, 2.75) is 6.04 Å². The average Bonchev–Trinajstić information content (AvgIpc) is 2.37. The molecule has 1 atom stereocenters. The lowest BCUT2D eigenvalue weighted by molar-refractivity contribution is -0.144. The number of benzene rings is 1. The molecule has 0 saturated carbocycles. The lowest BCUT2D eigenvalue weighted by Crippen LogP contribution is -2.57. The number of carboxylic acid groups (broad SMARTS) is 1. The highest BCUT2D eigenvalue weighted by molar-refractivity contribution is 5.97. The summed E-state index contributed by atoms with van der Waals surface area (Å²) >= 11 is 0. The Morgan fingerprint density at radius 2 is 2.11 bits per heavy atom. The topological polar surface area (TPSA) is 86.9 Å². The third-order valence-electron chi connectivity index (χ3n) is 3.26. The number of hydrogen-bond donors (Lipinski definition) is 2. The van der Waals surface area contributed by atoms with E-state index in [1.54, 1.807) is 24.3 Å². The zero-order chi connectivity index (χ0) is 14.0. The number of nitrogen functional groups attached to an aromatic ring is 1. The fraction of sp³-hybridized carbons (Fsp3) is 0.385. The molecule has 6 nitrogen and oxygen atoms in total. The number of rotatable bonds is 2. The van der Waals surface area contributed by atoms with Crippen LogP contribution in [0.3, 0.4) is 0 Å². The highest BCUT2D eigenvalue weighted by Crippen LogP contribution is 2.15. The first-order valence-electron chi connectivity index (χ1n) is 6.07. The predicted octanol–water partition coefficient (Wildman–Crippen LogP) is 0.110. The quantitative estimate of drug-likeness (QED) is 0.739. The summed E-state index contributed by atoms with van der Waals surface area (Å²) in [5.74, 6) is -1.27. The fourth-order valence-corrected chi connectivity index (χ4v) is 2.21. The van der Waals surface area contributed by atoms with Gasteiger partial charge in [-0.25, -0.2) is 4.79 Å². The average molecular weight is 263 g/mol. The van der Waals surface area contributed by atoms with Gasteiger partial charge in [0.05, 0.1) is 0 Å². The van der Waals surface area contributed by atoms with Crippen molar-refractivity contribution in [3.8, 4) is 0 Å². The van der Waals surface area contributed by atoms with E-state index in [1.807, 2.05) is 11.9 Å². The highest BCUT2D eigenvalue weighted by atomic mass is 16.4. The van der Waals surface area contributed by atoms with Gasteiger partial charge in [-0.1, -0.05) is 6.07 Å². The molecule has 2 rings (SSSR count). The second kappa shape index (κ2) is 5.27. The summed E-state index contributed by atoms with van der Waals surface area (Å²) in [4.78, 5) is 26.9. The van der Waals surface area contributed by atoms with E-state index in [0.29, 0.717) is 30.9 Å². The van der Waals surface area contributed by atoms with Crippen molar-refractivity contribution < 1.29 is 14.7 Å². The first-order valence-corrected chi connectivity index (χ1v) is 6.07. The highest BCUT2D eigenvalue weighted by Gasteiger charge is 2.34. The van der Waals surface area contributed by atoms with Crippen LogP contribution in [0.2, 0.25) is 0 Å². The summed E-state index contributed by atoms with van der Waals surface area (Å²) in [6.07, 6.45) is 0. The van der Waals surface area contributed by atoms with Crippen LogP contribution < -0.4 is 5.73 Å². The summed E-state index contributed by atoms with van der Waals surface area (Å²) in [6, 6.07) is 5.78. The summed E-state index contributed by atoms with van der Waals surface area (Å²) in [5.41, 5.74) is 6.57. The van der Waals surface area contributed by atoms with Gasteiger partial charge < -0.3 is 20.6 Å². The molecule has 1 saturated heterocycles. The van der Waals surface area contributed by atoms with Crippen LogP contribution in [0.25, 0.3) is 0 Å². The number of carbonyl (C=O) groups excluding carboxylic acids is 1. The SMILES string of the molecule is CN1CCN(C(=O)c2cccc(N)c2)C(C(=O)O)C1. The Kier molecular flexibility index (Phi) is 3.71. The van der Waals surface area contributed by atoms with E-state index in [1.165, 1.54) is 4.90 Å². The van der Waals surface area contributed by atoms with Gasteiger partial charge in [-0.2, -0.15) is 0 Å². The molecule has 3 N–H and O–H groups in total. The van der Waals surface area contributed by atoms with Gasteiger partial charge in [-0.05, 0) is 25.2 Å². The minimum Gasteiger partial charge on any atom is -0.480 e. The molecule has 1 amide bonds. The maximum atomic E-state index is 12.4. The molecule has 1 aliphatic heterocycles. The molecule has 1 unspecified atom stereocenters. The Hall–Kier alpha value is -2.08. The van der Waals surface area contributed by atoms with E-state index in [4.69, 9.17) is 5.73 Å². The second-order valence-electron chi connectivity index (χ2n) is 4.74. The van der Waals surface area contributed by atoms with Crippen molar-refractivity contribution in [1.82, 2.24) is 9.80 Å². The summed E-state index contributed by atoms with van der Waals surface area (Å²) in [7, 11) is 1.85. The number of carbonyl (C=O) groups is 2. The molecule has 1 aromatic carbocycles. The van der Waals surface area contributed by atoms with Gasteiger partial charge in [-0.15, -0.1) is 0 Å². The largest absolute Gasteiger partial charge is 0.480 e. The molecular weight excluding hydrogens is 246 g/mol. The first kappa shape index (κ1) is 13.4.